The van der Waals surface area contributed by atoms with E-state index in [0.717, 1.165) is 12.8 Å². The van der Waals surface area contributed by atoms with Crippen LogP contribution in [0, 0.1) is 0 Å². The molecule has 0 amide bonds. The minimum Gasteiger partial charge on any atom is -0.0613 e. The molecule has 0 nitrogen and oxygen atoms in total. The van der Waals surface area contributed by atoms with Crippen LogP contribution in [0.2, 0.25) is 0 Å². The molecule has 0 N–H and O–H groups in total. The Labute approximate surface area is 162 Å². The molecule has 6 aromatic carbocycles. The fourth-order valence-electron chi connectivity index (χ4n) is 6.23. The van der Waals surface area contributed by atoms with E-state index in [2.05, 4.69) is 72.8 Å². The Morgan fingerprint density at radius 2 is 0.607 bits per heavy atom. The van der Waals surface area contributed by atoms with E-state index in [1.54, 1.807) is 0 Å². The molecule has 0 bridgehead atoms. The minimum absolute atomic E-state index is 1.03. The van der Waals surface area contributed by atoms with E-state index >= 15 is 0 Å². The maximum atomic E-state index is 2.34. The molecule has 28 heavy (non-hydrogen) atoms. The smallest absolute Gasteiger partial charge is 0.000789 e. The summed E-state index contributed by atoms with van der Waals surface area (Å²) in [7, 11) is 0. The molecule has 8 rings (SSSR count). The van der Waals surface area contributed by atoms with Crippen LogP contribution in [-0.4, -0.2) is 0 Å². The van der Waals surface area contributed by atoms with Crippen LogP contribution in [0.4, 0.5) is 0 Å². The lowest BCUT2D eigenvalue weighted by atomic mass is 9.76. The van der Waals surface area contributed by atoms with Gasteiger partial charge in [0.05, 0.1) is 0 Å². The fraction of sp³-hybridized carbons (Fsp3) is 0.0714. The zero-order chi connectivity index (χ0) is 18.0. The van der Waals surface area contributed by atoms with Gasteiger partial charge in [-0.15, -0.1) is 0 Å². The van der Waals surface area contributed by atoms with Crippen molar-refractivity contribution in [3.8, 4) is 0 Å². The first kappa shape index (κ1) is 13.7. The van der Waals surface area contributed by atoms with Crippen molar-refractivity contribution in [3.63, 3.8) is 0 Å². The first-order valence-electron chi connectivity index (χ1n) is 10.1. The summed E-state index contributed by atoms with van der Waals surface area (Å²) in [6.07, 6.45) is 2.07. The third-order valence-electron chi connectivity index (χ3n) is 7.20. The molecule has 6 aromatic rings. The second kappa shape index (κ2) is 4.36. The third kappa shape index (κ3) is 1.35. The van der Waals surface area contributed by atoms with E-state index in [1.165, 1.54) is 76.1 Å². The minimum atomic E-state index is 1.03. The SMILES string of the molecule is c1cc2c3c(c1)c1cccc4c1c1c5c(cccc5c5cccc(c5c31)C2)C4. The van der Waals surface area contributed by atoms with Gasteiger partial charge in [-0.2, -0.15) is 0 Å². The molecular formula is C28H16. The van der Waals surface area contributed by atoms with Crippen LogP contribution in [0.15, 0.2) is 72.8 Å². The molecule has 128 valence electrons. The lowest BCUT2D eigenvalue weighted by Gasteiger charge is -2.27. The van der Waals surface area contributed by atoms with Gasteiger partial charge in [-0.25, -0.2) is 0 Å². The van der Waals surface area contributed by atoms with Crippen molar-refractivity contribution >= 4 is 53.9 Å². The van der Waals surface area contributed by atoms with Gasteiger partial charge in [0.15, 0.2) is 0 Å². The molecule has 0 fully saturated rings. The zero-order valence-corrected chi connectivity index (χ0v) is 15.3. The summed E-state index contributed by atoms with van der Waals surface area (Å²) in [5, 5.41) is 14.7. The fourth-order valence-corrected chi connectivity index (χ4v) is 6.23. The highest BCUT2D eigenvalue weighted by Crippen LogP contribution is 2.51. The molecule has 0 radical (unpaired) electrons. The Bertz CT molecular complexity index is 1450. The molecule has 0 heteroatoms. The second-order valence-electron chi connectivity index (χ2n) is 8.46. The van der Waals surface area contributed by atoms with Gasteiger partial charge >= 0.3 is 0 Å². The van der Waals surface area contributed by atoms with Gasteiger partial charge in [0.25, 0.3) is 0 Å². The standard InChI is InChI=1S/C28H16/c1-5-15-13-16-6-3-11-21-22-12-4-8-18-14-17-7-2-10-20-19(9-1)23(15)27(25(16)21)28(24(17)20)26(18)22/h1-12H,13-14H2. The lowest BCUT2D eigenvalue weighted by molar-refractivity contribution is 1.22. The average molecular weight is 352 g/mol. The van der Waals surface area contributed by atoms with E-state index in [9.17, 15) is 0 Å². The highest BCUT2D eigenvalue weighted by atomic mass is 14.3. The summed E-state index contributed by atoms with van der Waals surface area (Å²) < 4.78 is 0. The lowest BCUT2D eigenvalue weighted by Crippen LogP contribution is -2.05. The maximum absolute atomic E-state index is 2.34. The maximum Gasteiger partial charge on any atom is -0.000789 e. The Hall–Kier alpha value is -3.38. The monoisotopic (exact) mass is 352 g/mol. The van der Waals surface area contributed by atoms with E-state index < -0.39 is 0 Å². The summed E-state index contributed by atoms with van der Waals surface area (Å²) in [6, 6.07) is 27.7. The molecule has 2 aliphatic carbocycles. The molecule has 0 aromatic heterocycles. The van der Waals surface area contributed by atoms with Gasteiger partial charge in [0.1, 0.15) is 0 Å². The number of hydrogen-bond acceptors (Lipinski definition) is 0. The van der Waals surface area contributed by atoms with Gasteiger partial charge in [-0.1, -0.05) is 72.8 Å². The number of fused-ring (bicyclic) bond motifs is 2. The van der Waals surface area contributed by atoms with Crippen molar-refractivity contribution in [3.05, 3.63) is 95.1 Å². The zero-order valence-electron chi connectivity index (χ0n) is 15.3. The molecule has 0 aliphatic heterocycles. The number of hydrogen-bond donors (Lipinski definition) is 0. The predicted molar refractivity (Wildman–Crippen MR) is 120 cm³/mol. The van der Waals surface area contributed by atoms with Crippen LogP contribution in [0.1, 0.15) is 22.3 Å². The average Bonchev–Trinajstić information content (AvgIpc) is 2.74. The molecular weight excluding hydrogens is 336 g/mol. The van der Waals surface area contributed by atoms with Crippen LogP contribution in [0.25, 0.3) is 53.9 Å². The summed E-state index contributed by atoms with van der Waals surface area (Å²) in [5.41, 5.74) is 5.92. The molecule has 0 saturated heterocycles. The molecule has 2 aliphatic rings. The second-order valence-corrected chi connectivity index (χ2v) is 8.46. The number of benzene rings is 6. The van der Waals surface area contributed by atoms with Gasteiger partial charge < -0.3 is 0 Å². The van der Waals surface area contributed by atoms with Crippen molar-refractivity contribution in [2.45, 2.75) is 12.8 Å². The van der Waals surface area contributed by atoms with Crippen molar-refractivity contribution in [1.29, 1.82) is 0 Å². The van der Waals surface area contributed by atoms with Crippen LogP contribution in [0.3, 0.4) is 0 Å². The molecule has 0 saturated carbocycles. The Balaban J connectivity index is 1.94. The summed E-state index contributed by atoms with van der Waals surface area (Å²) in [5.74, 6) is 0. The van der Waals surface area contributed by atoms with Gasteiger partial charge in [-0.05, 0) is 89.0 Å². The van der Waals surface area contributed by atoms with E-state index in [-0.39, 0.29) is 0 Å². The molecule has 0 heterocycles. The van der Waals surface area contributed by atoms with Crippen LogP contribution < -0.4 is 0 Å². The van der Waals surface area contributed by atoms with Gasteiger partial charge in [0, 0.05) is 0 Å². The van der Waals surface area contributed by atoms with Gasteiger partial charge in [-0.3, -0.25) is 0 Å². The first-order chi connectivity index (χ1) is 13.9. The Kier molecular flexibility index (Phi) is 2.14. The van der Waals surface area contributed by atoms with Gasteiger partial charge in [0.2, 0.25) is 0 Å². The van der Waals surface area contributed by atoms with Crippen molar-refractivity contribution in [1.82, 2.24) is 0 Å². The summed E-state index contributed by atoms with van der Waals surface area (Å²) >= 11 is 0. The summed E-state index contributed by atoms with van der Waals surface area (Å²) in [6.45, 7) is 0. The first-order valence-corrected chi connectivity index (χ1v) is 10.1. The van der Waals surface area contributed by atoms with Crippen LogP contribution >= 0.6 is 0 Å². The largest absolute Gasteiger partial charge is 0.0613 e. The Morgan fingerprint density at radius 3 is 0.893 bits per heavy atom. The van der Waals surface area contributed by atoms with Crippen molar-refractivity contribution in [2.24, 2.45) is 0 Å². The highest BCUT2D eigenvalue weighted by molar-refractivity contribution is 6.42. The molecule has 0 unspecified atom stereocenters. The number of rotatable bonds is 0. The van der Waals surface area contributed by atoms with Crippen LogP contribution in [-0.2, 0) is 12.8 Å². The quantitative estimate of drug-likeness (QED) is 0.252. The van der Waals surface area contributed by atoms with E-state index in [4.69, 9.17) is 0 Å². The Morgan fingerprint density at radius 1 is 0.321 bits per heavy atom. The van der Waals surface area contributed by atoms with E-state index in [1.807, 2.05) is 0 Å². The third-order valence-corrected chi connectivity index (χ3v) is 7.20. The van der Waals surface area contributed by atoms with Crippen molar-refractivity contribution < 1.29 is 0 Å². The normalized spacial score (nSPS) is 14.1. The van der Waals surface area contributed by atoms with E-state index in [0.29, 0.717) is 0 Å². The molecule has 0 spiro atoms. The van der Waals surface area contributed by atoms with Crippen molar-refractivity contribution in [2.75, 3.05) is 0 Å². The summed E-state index contributed by atoms with van der Waals surface area (Å²) in [4.78, 5) is 0. The molecule has 0 atom stereocenters. The van der Waals surface area contributed by atoms with Crippen LogP contribution in [0.5, 0.6) is 0 Å². The topological polar surface area (TPSA) is 0 Å². The highest BCUT2D eigenvalue weighted by Gasteiger charge is 2.26. The predicted octanol–water partition coefficient (Wildman–Crippen LogP) is 7.26.